The highest BCUT2D eigenvalue weighted by atomic mass is 32.2. The number of carbonyl (C=O) groups excluding carboxylic acids is 2. The first-order valence-electron chi connectivity index (χ1n) is 10.4. The number of hydrogen-bond donors (Lipinski definition) is 2. The Labute approximate surface area is 197 Å². The van der Waals surface area contributed by atoms with Gasteiger partial charge in [0, 0.05) is 55.8 Å². The monoisotopic (exact) mass is 499 g/mol. The molecule has 1 aliphatic heterocycles. The molecule has 3 rings (SSSR count). The number of anilines is 2. The SMILES string of the molecule is CCOC(=O)N1C[C@@H](CO)[C@@H](N(c2cn(C)c(C(=O)Nc3ccc(F)c(C)c3)c2F)S(=O)[O-])C1. The van der Waals surface area contributed by atoms with E-state index in [-0.39, 0.29) is 30.9 Å². The molecule has 0 spiro atoms. The summed E-state index contributed by atoms with van der Waals surface area (Å²) in [4.78, 5) is 26.1. The zero-order valence-electron chi connectivity index (χ0n) is 18.8. The molecule has 0 saturated carbocycles. The predicted octanol–water partition coefficient (Wildman–Crippen LogP) is 1.91. The standard InChI is InChI=1S/C21H26F2N4O6S/c1-4-33-21(30)26-8-13(11-28)16(10-26)27(34(31)32)17-9-25(3)19(18(17)23)20(29)24-14-5-6-15(22)12(2)7-14/h5-7,9,13,16,28H,4,8,10-11H2,1-3H3,(H,24,29)(H,31,32)/p-1/t13-,16-/m0/s1. The van der Waals surface area contributed by atoms with Crippen molar-refractivity contribution in [1.82, 2.24) is 9.47 Å². The van der Waals surface area contributed by atoms with Crippen molar-refractivity contribution < 1.29 is 37.0 Å². The van der Waals surface area contributed by atoms with Gasteiger partial charge in [-0.1, -0.05) is 0 Å². The molecule has 1 aromatic carbocycles. The number of aliphatic hydroxyl groups excluding tert-OH is 1. The number of aryl methyl sites for hydroxylation is 2. The minimum atomic E-state index is -2.99. The van der Waals surface area contributed by atoms with Crippen LogP contribution in [0.3, 0.4) is 0 Å². The maximum atomic E-state index is 15.4. The Hall–Kier alpha value is -3.03. The van der Waals surface area contributed by atoms with E-state index in [1.807, 2.05) is 0 Å². The molecular weight excluding hydrogens is 474 g/mol. The molecule has 2 N–H and O–H groups in total. The molecule has 1 aliphatic rings. The van der Waals surface area contributed by atoms with Crippen LogP contribution in [0.25, 0.3) is 0 Å². The van der Waals surface area contributed by atoms with E-state index in [0.717, 1.165) is 16.8 Å². The van der Waals surface area contributed by atoms with Crippen LogP contribution in [0.1, 0.15) is 23.0 Å². The van der Waals surface area contributed by atoms with Crippen LogP contribution in [-0.2, 0) is 23.1 Å². The van der Waals surface area contributed by atoms with E-state index in [4.69, 9.17) is 4.74 Å². The van der Waals surface area contributed by atoms with Gasteiger partial charge in [0.05, 0.1) is 12.6 Å². The van der Waals surface area contributed by atoms with Crippen LogP contribution >= 0.6 is 0 Å². The third-order valence-electron chi connectivity index (χ3n) is 5.60. The molecule has 34 heavy (non-hydrogen) atoms. The molecular formula is C21H25F2N4O6S-. The normalized spacial score (nSPS) is 18.6. The Morgan fingerprint density at radius 2 is 2.06 bits per heavy atom. The summed E-state index contributed by atoms with van der Waals surface area (Å²) >= 11 is -2.99. The molecule has 1 aromatic heterocycles. The number of likely N-dealkylation sites (tertiary alicyclic amines) is 1. The van der Waals surface area contributed by atoms with Gasteiger partial charge < -0.3 is 29.2 Å². The molecule has 1 unspecified atom stereocenters. The average molecular weight is 500 g/mol. The molecule has 0 bridgehead atoms. The molecule has 1 fully saturated rings. The third kappa shape index (κ3) is 5.05. The summed E-state index contributed by atoms with van der Waals surface area (Å²) in [6.45, 7) is 2.65. The van der Waals surface area contributed by atoms with Gasteiger partial charge in [-0.15, -0.1) is 0 Å². The molecule has 0 radical (unpaired) electrons. The number of carbonyl (C=O) groups is 2. The van der Waals surface area contributed by atoms with Crippen LogP contribution in [0.5, 0.6) is 0 Å². The minimum Gasteiger partial charge on any atom is -0.755 e. The van der Waals surface area contributed by atoms with Crippen molar-refractivity contribution in [3.05, 3.63) is 47.3 Å². The first-order chi connectivity index (χ1) is 16.1. The first kappa shape index (κ1) is 25.6. The number of aromatic nitrogens is 1. The van der Waals surface area contributed by atoms with Crippen molar-refractivity contribution in [2.45, 2.75) is 19.9 Å². The fraction of sp³-hybridized carbons (Fsp3) is 0.429. The Bertz CT molecular complexity index is 1110. The lowest BCUT2D eigenvalue weighted by atomic mass is 10.1. The van der Waals surface area contributed by atoms with Gasteiger partial charge in [0.15, 0.2) is 5.82 Å². The number of ether oxygens (including phenoxy) is 1. The van der Waals surface area contributed by atoms with Gasteiger partial charge >= 0.3 is 6.09 Å². The molecule has 0 aliphatic carbocycles. The fourth-order valence-electron chi connectivity index (χ4n) is 3.94. The Balaban J connectivity index is 1.92. The van der Waals surface area contributed by atoms with Gasteiger partial charge in [-0.25, -0.2) is 13.6 Å². The van der Waals surface area contributed by atoms with E-state index in [2.05, 4.69) is 5.32 Å². The zero-order valence-corrected chi connectivity index (χ0v) is 19.6. The summed E-state index contributed by atoms with van der Waals surface area (Å²) in [5, 5.41) is 12.2. The number of amides is 2. The number of aliphatic hydroxyl groups is 1. The van der Waals surface area contributed by atoms with Crippen LogP contribution in [0.4, 0.5) is 25.0 Å². The third-order valence-corrected chi connectivity index (χ3v) is 6.39. The van der Waals surface area contributed by atoms with Crippen molar-refractivity contribution in [3.8, 4) is 0 Å². The fourth-order valence-corrected chi connectivity index (χ4v) is 4.69. The summed E-state index contributed by atoms with van der Waals surface area (Å²) in [7, 11) is 1.37. The summed E-state index contributed by atoms with van der Waals surface area (Å²) < 4.78 is 60.0. The van der Waals surface area contributed by atoms with Crippen LogP contribution in [-0.4, -0.2) is 67.7 Å². The lowest BCUT2D eigenvalue weighted by molar-refractivity contribution is 0.101. The maximum Gasteiger partial charge on any atom is 0.409 e. The van der Waals surface area contributed by atoms with Gasteiger partial charge in [0.2, 0.25) is 0 Å². The van der Waals surface area contributed by atoms with Gasteiger partial charge in [-0.05, 0) is 37.6 Å². The van der Waals surface area contributed by atoms with E-state index < -0.39 is 64.8 Å². The van der Waals surface area contributed by atoms with Crippen LogP contribution in [0, 0.1) is 24.5 Å². The van der Waals surface area contributed by atoms with Crippen LogP contribution < -0.4 is 9.62 Å². The van der Waals surface area contributed by atoms with Crippen LogP contribution in [0.2, 0.25) is 0 Å². The summed E-state index contributed by atoms with van der Waals surface area (Å²) in [6.07, 6.45) is 0.459. The van der Waals surface area contributed by atoms with Crippen molar-refractivity contribution in [2.75, 3.05) is 35.9 Å². The first-order valence-corrected chi connectivity index (χ1v) is 11.5. The van der Waals surface area contributed by atoms with Crippen molar-refractivity contribution in [1.29, 1.82) is 0 Å². The Kier molecular flexibility index (Phi) is 7.89. The lowest BCUT2D eigenvalue weighted by Gasteiger charge is -2.33. The summed E-state index contributed by atoms with van der Waals surface area (Å²) in [6, 6.07) is 2.86. The van der Waals surface area contributed by atoms with E-state index in [1.54, 1.807) is 6.92 Å². The molecule has 3 atom stereocenters. The van der Waals surface area contributed by atoms with Gasteiger partial charge in [0.1, 0.15) is 17.2 Å². The smallest absolute Gasteiger partial charge is 0.409 e. The second-order valence-electron chi connectivity index (χ2n) is 7.86. The number of hydrogen-bond acceptors (Lipinski definition) is 6. The van der Waals surface area contributed by atoms with E-state index >= 15 is 4.39 Å². The Morgan fingerprint density at radius 1 is 1.35 bits per heavy atom. The molecule has 2 amide bonds. The highest BCUT2D eigenvalue weighted by Gasteiger charge is 2.41. The number of rotatable bonds is 7. The van der Waals surface area contributed by atoms with Crippen molar-refractivity contribution in [3.63, 3.8) is 0 Å². The topological polar surface area (TPSA) is 127 Å². The molecule has 1 saturated heterocycles. The Morgan fingerprint density at radius 3 is 2.65 bits per heavy atom. The van der Waals surface area contributed by atoms with Crippen molar-refractivity contribution in [2.24, 2.45) is 13.0 Å². The van der Waals surface area contributed by atoms with Crippen LogP contribution in [0.15, 0.2) is 24.4 Å². The predicted molar refractivity (Wildman–Crippen MR) is 119 cm³/mol. The van der Waals surface area contributed by atoms with Gasteiger partial charge in [0.25, 0.3) is 5.91 Å². The van der Waals surface area contributed by atoms with E-state index in [9.17, 15) is 27.8 Å². The highest BCUT2D eigenvalue weighted by molar-refractivity contribution is 7.80. The molecule has 10 nitrogen and oxygen atoms in total. The largest absolute Gasteiger partial charge is 0.755 e. The number of benzene rings is 1. The van der Waals surface area contributed by atoms with Crippen molar-refractivity contribution >= 4 is 34.6 Å². The minimum absolute atomic E-state index is 0.0133. The molecule has 2 aromatic rings. The zero-order chi connectivity index (χ0) is 25.2. The van der Waals surface area contributed by atoms with Gasteiger partial charge in [-0.3, -0.25) is 13.3 Å². The van der Waals surface area contributed by atoms with E-state index in [1.165, 1.54) is 31.0 Å². The summed E-state index contributed by atoms with van der Waals surface area (Å²) in [5.74, 6) is -3.14. The molecule has 2 heterocycles. The second-order valence-corrected chi connectivity index (χ2v) is 8.69. The molecule has 186 valence electrons. The number of nitrogens with one attached hydrogen (secondary N) is 1. The molecule has 13 heteroatoms. The highest BCUT2D eigenvalue weighted by Crippen LogP contribution is 2.33. The number of halogens is 2. The lowest BCUT2D eigenvalue weighted by Crippen LogP contribution is -2.44. The maximum absolute atomic E-state index is 15.4. The quantitative estimate of drug-likeness (QED) is 0.561. The van der Waals surface area contributed by atoms with Gasteiger partial charge in [-0.2, -0.15) is 0 Å². The van der Waals surface area contributed by atoms with E-state index in [0.29, 0.717) is 4.31 Å². The summed E-state index contributed by atoms with van der Waals surface area (Å²) in [5.41, 5.74) is -0.351. The average Bonchev–Trinajstić information content (AvgIpc) is 3.32. The number of nitrogens with zero attached hydrogens (tertiary/aromatic N) is 3. The second kappa shape index (κ2) is 10.5.